The molecular weight excluding hydrogens is 444 g/mol. The van der Waals surface area contributed by atoms with Crippen LogP contribution in [0, 0.1) is 12.8 Å². The van der Waals surface area contributed by atoms with Crippen LogP contribution in [0.1, 0.15) is 43.1 Å². The van der Waals surface area contributed by atoms with Gasteiger partial charge < -0.3 is 24.5 Å². The molecule has 0 radical (unpaired) electrons. The van der Waals surface area contributed by atoms with Gasteiger partial charge in [-0.2, -0.15) is 0 Å². The van der Waals surface area contributed by atoms with Crippen molar-refractivity contribution in [3.63, 3.8) is 0 Å². The predicted octanol–water partition coefficient (Wildman–Crippen LogP) is 4.97. The molecule has 1 aliphatic rings. The number of ketones is 1. The molecule has 1 fully saturated rings. The lowest BCUT2D eigenvalue weighted by Crippen LogP contribution is -2.31. The molecule has 184 valence electrons. The standard InChI is InChI=1S/C28H32N2O5/c1-17(2)16-35-20-12-10-19(11-13-20)26(31)24-25(30(14-7-15-34-4)28(33)27(24)32)23-18(3)29-22-9-6-5-8-21(22)23/h5-6,8-13,17,25,29,31H,7,14-16H2,1-4H3/b26-24+. The zero-order valence-corrected chi connectivity index (χ0v) is 20.6. The quantitative estimate of drug-likeness (QED) is 0.197. The number of H-pyrrole nitrogens is 1. The van der Waals surface area contributed by atoms with Crippen LogP contribution >= 0.6 is 0 Å². The molecule has 2 N–H and O–H groups in total. The molecule has 35 heavy (non-hydrogen) atoms. The molecule has 1 aromatic heterocycles. The second-order valence-electron chi connectivity index (χ2n) is 9.28. The number of fused-ring (bicyclic) bond motifs is 1. The lowest BCUT2D eigenvalue weighted by molar-refractivity contribution is -0.140. The number of aromatic amines is 1. The van der Waals surface area contributed by atoms with E-state index in [9.17, 15) is 14.7 Å². The van der Waals surface area contributed by atoms with Crippen molar-refractivity contribution in [2.75, 3.05) is 26.9 Å². The zero-order valence-electron chi connectivity index (χ0n) is 20.6. The Morgan fingerprint density at radius 3 is 2.51 bits per heavy atom. The van der Waals surface area contributed by atoms with Crippen LogP contribution in [0.25, 0.3) is 16.7 Å². The molecule has 1 amide bonds. The van der Waals surface area contributed by atoms with E-state index in [0.717, 1.165) is 22.2 Å². The van der Waals surface area contributed by atoms with Crippen molar-refractivity contribution >= 4 is 28.4 Å². The first-order chi connectivity index (χ1) is 16.8. The third-order valence-electron chi connectivity index (χ3n) is 6.22. The number of rotatable bonds is 9. The Morgan fingerprint density at radius 2 is 1.83 bits per heavy atom. The molecule has 0 aliphatic carbocycles. The van der Waals surface area contributed by atoms with Gasteiger partial charge in [-0.05, 0) is 49.6 Å². The Bertz CT molecular complexity index is 1260. The molecule has 3 aromatic rings. The van der Waals surface area contributed by atoms with Crippen molar-refractivity contribution in [2.24, 2.45) is 5.92 Å². The minimum Gasteiger partial charge on any atom is -0.507 e. The molecule has 1 saturated heterocycles. The number of amides is 1. The summed E-state index contributed by atoms with van der Waals surface area (Å²) in [6, 6.07) is 14.0. The van der Waals surface area contributed by atoms with E-state index in [2.05, 4.69) is 18.8 Å². The molecule has 0 bridgehead atoms. The van der Waals surface area contributed by atoms with E-state index in [1.165, 1.54) is 0 Å². The Balaban J connectivity index is 1.81. The van der Waals surface area contributed by atoms with Crippen LogP contribution in [-0.2, 0) is 14.3 Å². The minimum atomic E-state index is -0.708. The number of aliphatic hydroxyl groups excluding tert-OH is 1. The van der Waals surface area contributed by atoms with Crippen LogP contribution in [0.3, 0.4) is 0 Å². The summed E-state index contributed by atoms with van der Waals surface area (Å²) < 4.78 is 10.9. The molecule has 2 aromatic carbocycles. The number of likely N-dealkylation sites (tertiary alicyclic amines) is 1. The largest absolute Gasteiger partial charge is 0.507 e. The number of carbonyl (C=O) groups excluding carboxylic acids is 2. The smallest absolute Gasteiger partial charge is 0.295 e. The number of aliphatic hydroxyl groups is 1. The summed E-state index contributed by atoms with van der Waals surface area (Å²) in [5.41, 5.74) is 3.12. The van der Waals surface area contributed by atoms with Crippen LogP contribution in [-0.4, -0.2) is 53.5 Å². The number of aryl methyl sites for hydroxylation is 1. The molecule has 1 atom stereocenters. The second kappa shape index (κ2) is 10.4. The Kier molecular flexibility index (Phi) is 7.26. The summed E-state index contributed by atoms with van der Waals surface area (Å²) >= 11 is 0. The van der Waals surface area contributed by atoms with Gasteiger partial charge in [-0.15, -0.1) is 0 Å². The lowest BCUT2D eigenvalue weighted by atomic mass is 9.93. The molecule has 1 aliphatic heterocycles. The number of hydrogen-bond donors (Lipinski definition) is 2. The average molecular weight is 477 g/mol. The Hall–Kier alpha value is -3.58. The van der Waals surface area contributed by atoms with Crippen LogP contribution in [0.5, 0.6) is 5.75 Å². The number of nitrogens with zero attached hydrogens (tertiary/aromatic N) is 1. The monoisotopic (exact) mass is 476 g/mol. The van der Waals surface area contributed by atoms with Crippen molar-refractivity contribution in [3.8, 4) is 5.75 Å². The van der Waals surface area contributed by atoms with Gasteiger partial charge in [0.1, 0.15) is 11.5 Å². The molecular formula is C28H32N2O5. The maximum Gasteiger partial charge on any atom is 0.295 e. The van der Waals surface area contributed by atoms with Crippen molar-refractivity contribution in [1.82, 2.24) is 9.88 Å². The number of nitrogens with one attached hydrogen (secondary N) is 1. The van der Waals surface area contributed by atoms with E-state index in [1.54, 1.807) is 36.3 Å². The van der Waals surface area contributed by atoms with Gasteiger partial charge in [0.05, 0.1) is 18.2 Å². The fraction of sp³-hybridized carbons (Fsp3) is 0.357. The van der Waals surface area contributed by atoms with Gasteiger partial charge in [0.2, 0.25) is 0 Å². The van der Waals surface area contributed by atoms with Gasteiger partial charge in [0, 0.05) is 48.0 Å². The van der Waals surface area contributed by atoms with Crippen molar-refractivity contribution in [1.29, 1.82) is 0 Å². The van der Waals surface area contributed by atoms with E-state index < -0.39 is 17.7 Å². The topological polar surface area (TPSA) is 91.9 Å². The van der Waals surface area contributed by atoms with Crippen LogP contribution in [0.2, 0.25) is 0 Å². The fourth-order valence-electron chi connectivity index (χ4n) is 4.57. The Labute approximate surface area is 205 Å². The Morgan fingerprint density at radius 1 is 1.11 bits per heavy atom. The van der Waals surface area contributed by atoms with Gasteiger partial charge in [-0.25, -0.2) is 0 Å². The molecule has 4 rings (SSSR count). The van der Waals surface area contributed by atoms with Crippen molar-refractivity contribution < 1.29 is 24.2 Å². The molecule has 7 heteroatoms. The molecule has 0 spiro atoms. The third-order valence-corrected chi connectivity index (χ3v) is 6.22. The summed E-state index contributed by atoms with van der Waals surface area (Å²) in [5.74, 6) is -0.428. The summed E-state index contributed by atoms with van der Waals surface area (Å²) in [7, 11) is 1.60. The van der Waals surface area contributed by atoms with Crippen molar-refractivity contribution in [2.45, 2.75) is 33.2 Å². The maximum atomic E-state index is 13.3. The van der Waals surface area contributed by atoms with Gasteiger partial charge in [-0.1, -0.05) is 32.0 Å². The number of aromatic nitrogens is 1. The maximum absolute atomic E-state index is 13.3. The summed E-state index contributed by atoms with van der Waals surface area (Å²) in [5, 5.41) is 12.3. The number of para-hydroxylation sites is 1. The highest BCUT2D eigenvalue weighted by atomic mass is 16.5. The van der Waals surface area contributed by atoms with E-state index in [-0.39, 0.29) is 11.3 Å². The van der Waals surface area contributed by atoms with E-state index in [1.807, 2.05) is 31.2 Å². The number of benzene rings is 2. The number of methoxy groups -OCH3 is 1. The summed E-state index contributed by atoms with van der Waals surface area (Å²) in [6.45, 7) is 7.43. The summed E-state index contributed by atoms with van der Waals surface area (Å²) in [6.07, 6.45) is 0.573. The molecule has 7 nitrogen and oxygen atoms in total. The van der Waals surface area contributed by atoms with Gasteiger partial charge >= 0.3 is 0 Å². The zero-order chi connectivity index (χ0) is 25.1. The molecule has 1 unspecified atom stereocenters. The van der Waals surface area contributed by atoms with Gasteiger partial charge in [-0.3, -0.25) is 9.59 Å². The molecule has 0 saturated carbocycles. The van der Waals surface area contributed by atoms with Crippen LogP contribution in [0.4, 0.5) is 0 Å². The summed E-state index contributed by atoms with van der Waals surface area (Å²) in [4.78, 5) is 31.4. The van der Waals surface area contributed by atoms with Crippen molar-refractivity contribution in [3.05, 3.63) is 70.9 Å². The number of Topliss-reactive ketones (excluding diaryl/α,β-unsaturated/α-hetero) is 1. The second-order valence-corrected chi connectivity index (χ2v) is 9.28. The average Bonchev–Trinajstić information content (AvgIpc) is 3.30. The normalized spacial score (nSPS) is 17.6. The first-order valence-corrected chi connectivity index (χ1v) is 11.9. The predicted molar refractivity (Wildman–Crippen MR) is 135 cm³/mol. The number of carbonyl (C=O) groups is 2. The highest BCUT2D eigenvalue weighted by Crippen LogP contribution is 2.43. The third kappa shape index (κ3) is 4.82. The van der Waals surface area contributed by atoms with Gasteiger partial charge in [0.25, 0.3) is 11.7 Å². The SMILES string of the molecule is COCCCN1C(=O)C(=O)/C(=C(/O)c2ccc(OCC(C)C)cc2)C1c1c(C)[nH]c2ccccc12. The number of hydrogen-bond acceptors (Lipinski definition) is 5. The van der Waals surface area contributed by atoms with E-state index in [0.29, 0.717) is 43.4 Å². The van der Waals surface area contributed by atoms with Crippen LogP contribution in [0.15, 0.2) is 54.1 Å². The highest BCUT2D eigenvalue weighted by Gasteiger charge is 2.47. The van der Waals surface area contributed by atoms with E-state index >= 15 is 0 Å². The first kappa shape index (κ1) is 24.5. The minimum absolute atomic E-state index is 0.0936. The lowest BCUT2D eigenvalue weighted by Gasteiger charge is -2.25. The van der Waals surface area contributed by atoms with Crippen LogP contribution < -0.4 is 4.74 Å². The van der Waals surface area contributed by atoms with Gasteiger partial charge in [0.15, 0.2) is 0 Å². The van der Waals surface area contributed by atoms with E-state index in [4.69, 9.17) is 9.47 Å². The first-order valence-electron chi connectivity index (χ1n) is 11.9. The number of ether oxygens (including phenoxy) is 2. The molecule has 2 heterocycles. The fourth-order valence-corrected chi connectivity index (χ4v) is 4.57. The highest BCUT2D eigenvalue weighted by molar-refractivity contribution is 6.46.